The quantitative estimate of drug-likeness (QED) is 0.0546. The van der Waals surface area contributed by atoms with E-state index < -0.39 is 45.2 Å². The number of methoxy groups -OCH3 is 1. The molecular formula is C52H42Br2F4N4O8S. The minimum absolute atomic E-state index is 0.0782. The van der Waals surface area contributed by atoms with E-state index >= 15 is 0 Å². The summed E-state index contributed by atoms with van der Waals surface area (Å²) in [4.78, 5) is 23.9. The summed E-state index contributed by atoms with van der Waals surface area (Å²) >= 11 is 6.95. The van der Waals surface area contributed by atoms with E-state index in [0.717, 1.165) is 56.0 Å². The van der Waals surface area contributed by atoms with Crippen molar-refractivity contribution in [3.05, 3.63) is 199 Å². The van der Waals surface area contributed by atoms with Gasteiger partial charge in [-0.25, -0.2) is 35.6 Å². The van der Waals surface area contributed by atoms with Gasteiger partial charge < -0.3 is 34.2 Å². The van der Waals surface area contributed by atoms with Crippen molar-refractivity contribution in [1.82, 2.24) is 9.13 Å². The fraction of sp³-hybridized carbons (Fsp3) is 0.115. The molecule has 0 saturated heterocycles. The number of rotatable bonds is 14. The summed E-state index contributed by atoms with van der Waals surface area (Å²) in [7, 11) is -2.35. The lowest BCUT2D eigenvalue weighted by Gasteiger charge is -2.18. The van der Waals surface area contributed by atoms with E-state index in [2.05, 4.69) is 36.6 Å². The van der Waals surface area contributed by atoms with Crippen LogP contribution in [0.25, 0.3) is 33.9 Å². The van der Waals surface area contributed by atoms with E-state index in [0.29, 0.717) is 45.4 Å². The van der Waals surface area contributed by atoms with E-state index in [-0.39, 0.29) is 35.6 Å². The van der Waals surface area contributed by atoms with Crippen LogP contribution in [-0.4, -0.2) is 48.0 Å². The summed E-state index contributed by atoms with van der Waals surface area (Å²) in [6.07, 6.45) is 0.974. The second kappa shape index (κ2) is 21.7. The van der Waals surface area contributed by atoms with Gasteiger partial charge in [-0.1, -0.05) is 31.9 Å². The number of aromatic nitrogens is 2. The Morgan fingerprint density at radius 2 is 1.11 bits per heavy atom. The number of nitrogens with one attached hydrogen (secondary N) is 1. The zero-order valence-corrected chi connectivity index (χ0v) is 42.1. The second-order valence-electron chi connectivity index (χ2n) is 16.0. The van der Waals surface area contributed by atoms with E-state index in [1.54, 1.807) is 53.1 Å². The van der Waals surface area contributed by atoms with Gasteiger partial charge in [-0.2, -0.15) is 0 Å². The molecule has 19 heteroatoms. The molecule has 2 heterocycles. The minimum Gasteiger partial charge on any atom is -0.488 e. The Kier molecular flexibility index (Phi) is 15.8. The molecule has 0 aliphatic heterocycles. The first kappa shape index (κ1) is 51.5. The van der Waals surface area contributed by atoms with Crippen LogP contribution < -0.4 is 19.9 Å². The minimum atomic E-state index is -3.66. The van der Waals surface area contributed by atoms with Crippen molar-refractivity contribution in [1.29, 1.82) is 0 Å². The first-order valence-electron chi connectivity index (χ1n) is 21.1. The lowest BCUT2D eigenvalue weighted by Crippen LogP contribution is -2.11. The first-order valence-corrected chi connectivity index (χ1v) is 24.6. The number of sulfonamides is 1. The molecule has 0 atom stereocenters. The van der Waals surface area contributed by atoms with Crippen molar-refractivity contribution in [3.63, 3.8) is 0 Å². The Morgan fingerprint density at radius 1 is 0.634 bits per heavy atom. The molecule has 0 spiro atoms. The summed E-state index contributed by atoms with van der Waals surface area (Å²) in [6.45, 7) is 3.51. The molecule has 366 valence electrons. The van der Waals surface area contributed by atoms with Crippen LogP contribution >= 0.6 is 31.9 Å². The molecule has 0 bridgehead atoms. The highest BCUT2D eigenvalue weighted by Crippen LogP contribution is 2.39. The number of carboxylic acid groups (broad SMARTS) is 1. The highest BCUT2D eigenvalue weighted by Gasteiger charge is 2.20. The number of halogens is 6. The molecule has 8 rings (SSSR count). The Hall–Kier alpha value is -7.35. The van der Waals surface area contributed by atoms with Crippen molar-refractivity contribution in [2.75, 3.05) is 23.8 Å². The molecule has 71 heavy (non-hydrogen) atoms. The summed E-state index contributed by atoms with van der Waals surface area (Å²) < 4.78 is 103. The monoisotopic (exact) mass is 1120 g/mol. The van der Waals surface area contributed by atoms with Gasteiger partial charge in [-0.15, -0.1) is 0 Å². The molecular weight excluding hydrogens is 1080 g/mol. The SMILES string of the molecule is COC(=O)c1cc(N)cc(-n2c(C)ccc2-c2cc(Br)ccc2OCc2ccc(F)cc2F)c1.Cc1ccc(-c2cc(Br)ccc2OCc2ccc(F)cc2F)n1-c1cc(NS(C)(=O)=O)cc(C(=O)O)c1. The number of nitrogens with zero attached hydrogens (tertiary/aromatic N) is 2. The van der Waals surface area contributed by atoms with Crippen LogP contribution in [0, 0.1) is 37.1 Å². The molecule has 0 saturated carbocycles. The van der Waals surface area contributed by atoms with Gasteiger partial charge in [-0.05, 0) is 135 Å². The lowest BCUT2D eigenvalue weighted by molar-refractivity contribution is 0.0599. The average molecular weight is 1120 g/mol. The highest BCUT2D eigenvalue weighted by atomic mass is 79.9. The third-order valence-electron chi connectivity index (χ3n) is 10.7. The standard InChI is InChI=1S/C26H21BrF2N2O5S.C26H21BrF2N2O3/c1-15-3-7-24(31(15)21-10-17(26(32)33)9-20(13-21)30-37(2,34)35)22-11-18(27)5-8-25(22)36-14-16-4-6-19(28)12-23(16)29;1-15-3-7-24(31(15)21-10-17(26(32)33-2)9-20(30)13-21)22-11-18(27)5-8-25(22)34-14-16-4-6-19(28)12-23(16)29/h3-13,30H,14H2,1-2H3,(H,32,33);3-13H,14,30H2,1-2H3. The number of carboxylic acids is 1. The smallest absolute Gasteiger partial charge is 0.337 e. The fourth-order valence-electron chi connectivity index (χ4n) is 7.56. The number of hydrogen-bond donors (Lipinski definition) is 3. The molecule has 8 aromatic rings. The van der Waals surface area contributed by atoms with Gasteiger partial charge in [0, 0.05) is 71.8 Å². The summed E-state index contributed by atoms with van der Waals surface area (Å²) in [5.74, 6) is -3.55. The second-order valence-corrected chi connectivity index (χ2v) is 19.6. The highest BCUT2D eigenvalue weighted by molar-refractivity contribution is 9.10. The molecule has 0 aliphatic rings. The summed E-state index contributed by atoms with van der Waals surface area (Å²) in [5, 5.41) is 9.62. The Balaban J connectivity index is 0.000000209. The van der Waals surface area contributed by atoms with E-state index in [1.165, 1.54) is 43.5 Å². The predicted molar refractivity (Wildman–Crippen MR) is 270 cm³/mol. The van der Waals surface area contributed by atoms with Crippen LogP contribution in [0.5, 0.6) is 11.5 Å². The third kappa shape index (κ3) is 12.5. The van der Waals surface area contributed by atoms with E-state index in [9.17, 15) is 40.7 Å². The number of carbonyl (C=O) groups excluding carboxylic acids is 1. The van der Waals surface area contributed by atoms with Crippen molar-refractivity contribution < 1.29 is 54.9 Å². The summed E-state index contributed by atoms with van der Waals surface area (Å²) in [5.41, 5.74) is 12.6. The number of benzene rings is 6. The number of nitrogen functional groups attached to an aromatic ring is 1. The number of esters is 1. The zero-order valence-electron chi connectivity index (χ0n) is 38.1. The molecule has 0 amide bonds. The molecule has 0 aliphatic carbocycles. The molecule has 2 aromatic heterocycles. The zero-order chi connectivity index (χ0) is 51.3. The van der Waals surface area contributed by atoms with E-state index in [1.807, 2.05) is 48.7 Å². The van der Waals surface area contributed by atoms with Gasteiger partial charge in [0.15, 0.2) is 0 Å². The lowest BCUT2D eigenvalue weighted by atomic mass is 10.1. The van der Waals surface area contributed by atoms with E-state index in [4.69, 9.17) is 19.9 Å². The maximum atomic E-state index is 14.2. The molecule has 0 radical (unpaired) electrons. The molecule has 12 nitrogen and oxygen atoms in total. The van der Waals surface area contributed by atoms with Gasteiger partial charge in [0.05, 0.1) is 41.6 Å². The largest absolute Gasteiger partial charge is 0.488 e. The average Bonchev–Trinajstić information content (AvgIpc) is 3.89. The van der Waals surface area contributed by atoms with Crippen molar-refractivity contribution in [3.8, 4) is 45.4 Å². The maximum absolute atomic E-state index is 14.2. The predicted octanol–water partition coefficient (Wildman–Crippen LogP) is 12.6. The van der Waals surface area contributed by atoms with Crippen LogP contribution in [0.15, 0.2) is 142 Å². The van der Waals surface area contributed by atoms with Crippen molar-refractivity contribution >= 4 is 65.2 Å². The number of aromatic carboxylic acids is 1. The van der Waals surface area contributed by atoms with Gasteiger partial charge in [0.1, 0.15) is 48.0 Å². The van der Waals surface area contributed by atoms with Crippen molar-refractivity contribution in [2.45, 2.75) is 27.1 Å². The van der Waals surface area contributed by atoms with Crippen LogP contribution in [0.3, 0.4) is 0 Å². The molecule has 0 fully saturated rings. The van der Waals surface area contributed by atoms with Crippen molar-refractivity contribution in [2.24, 2.45) is 0 Å². The van der Waals surface area contributed by atoms with Gasteiger partial charge >= 0.3 is 11.9 Å². The summed E-state index contributed by atoms with van der Waals surface area (Å²) in [6, 6.07) is 34.0. The van der Waals surface area contributed by atoms with Gasteiger partial charge in [0.2, 0.25) is 10.0 Å². The Morgan fingerprint density at radius 3 is 1.56 bits per heavy atom. The van der Waals surface area contributed by atoms with Crippen LogP contribution in [0.4, 0.5) is 28.9 Å². The number of ether oxygens (including phenoxy) is 3. The maximum Gasteiger partial charge on any atom is 0.337 e. The third-order valence-corrected chi connectivity index (χ3v) is 12.3. The van der Waals surface area contributed by atoms with Crippen LogP contribution in [0.1, 0.15) is 43.2 Å². The first-order chi connectivity index (χ1) is 33.7. The van der Waals surface area contributed by atoms with Gasteiger partial charge in [-0.3, -0.25) is 4.72 Å². The number of nitrogens with two attached hydrogens (primary N) is 1. The Labute approximate surface area is 422 Å². The Bertz CT molecular complexity index is 3460. The topological polar surface area (TPSA) is 164 Å². The van der Waals surface area contributed by atoms with Crippen LogP contribution in [0.2, 0.25) is 0 Å². The number of carbonyl (C=O) groups is 2. The molecule has 0 unspecified atom stereocenters. The number of aryl methyl sites for hydroxylation is 2. The number of anilines is 2. The van der Waals surface area contributed by atoms with Crippen LogP contribution in [-0.2, 0) is 28.0 Å². The number of hydrogen-bond acceptors (Lipinski definition) is 8. The van der Waals surface area contributed by atoms with Gasteiger partial charge in [0.25, 0.3) is 0 Å². The molecule has 6 aromatic carbocycles. The molecule has 4 N–H and O–H groups in total. The normalized spacial score (nSPS) is 11.1. The fourth-order valence-corrected chi connectivity index (χ4v) is 8.83.